The Morgan fingerprint density at radius 2 is 1.85 bits per heavy atom. The molecule has 2 aromatic carbocycles. The Labute approximate surface area is 196 Å². The van der Waals surface area contributed by atoms with E-state index in [-0.39, 0.29) is 5.91 Å². The van der Waals surface area contributed by atoms with Crippen LogP contribution in [0.15, 0.2) is 79.1 Å². The summed E-state index contributed by atoms with van der Waals surface area (Å²) in [4.78, 5) is 24.9. The van der Waals surface area contributed by atoms with Crippen molar-refractivity contribution in [1.29, 1.82) is 0 Å². The summed E-state index contributed by atoms with van der Waals surface area (Å²) in [6, 6.07) is 21.7. The van der Waals surface area contributed by atoms with Gasteiger partial charge < -0.3 is 0 Å². The van der Waals surface area contributed by atoms with Gasteiger partial charge in [-0.05, 0) is 49.2 Å². The van der Waals surface area contributed by atoms with Crippen molar-refractivity contribution in [2.75, 3.05) is 4.90 Å². The Morgan fingerprint density at radius 1 is 1.03 bits per heavy atom. The van der Waals surface area contributed by atoms with Crippen LogP contribution in [0.25, 0.3) is 15.9 Å². The molecule has 5 rings (SSSR count). The van der Waals surface area contributed by atoms with Gasteiger partial charge >= 0.3 is 0 Å². The van der Waals surface area contributed by atoms with Crippen molar-refractivity contribution in [2.24, 2.45) is 0 Å². The average molecular weight is 454 g/mol. The van der Waals surface area contributed by atoms with Crippen LogP contribution >= 0.6 is 11.3 Å². The number of aromatic nitrogens is 4. The van der Waals surface area contributed by atoms with E-state index in [0.29, 0.717) is 17.2 Å². The maximum atomic E-state index is 13.9. The largest absolute Gasteiger partial charge is 0.278 e. The maximum absolute atomic E-state index is 13.9. The molecule has 7 heteroatoms. The second kappa shape index (κ2) is 8.96. The highest BCUT2D eigenvalue weighted by atomic mass is 32.1. The molecular formula is C26H23N5OS. The van der Waals surface area contributed by atoms with Crippen molar-refractivity contribution in [2.45, 2.75) is 26.8 Å². The molecule has 0 fully saturated rings. The van der Waals surface area contributed by atoms with Crippen molar-refractivity contribution >= 4 is 32.6 Å². The number of hydrogen-bond donors (Lipinski definition) is 0. The Hall–Kier alpha value is -3.84. The molecule has 0 aliphatic heterocycles. The van der Waals surface area contributed by atoms with Gasteiger partial charge in [0.1, 0.15) is 0 Å². The van der Waals surface area contributed by atoms with E-state index in [1.165, 1.54) is 16.9 Å². The van der Waals surface area contributed by atoms with Crippen LogP contribution < -0.4 is 4.90 Å². The SMILES string of the molecule is CCc1cccc2sc(N(Cc3ccccn3)C(=O)c3cnn(-c4ccccc4)c3C)nc12. The van der Waals surface area contributed by atoms with E-state index in [1.807, 2.05) is 61.5 Å². The van der Waals surface area contributed by atoms with Gasteiger partial charge in [-0.25, -0.2) is 9.67 Å². The number of nitrogens with zero attached hydrogens (tertiary/aromatic N) is 5. The molecule has 0 N–H and O–H groups in total. The molecule has 5 aromatic rings. The zero-order valence-corrected chi connectivity index (χ0v) is 19.3. The first-order chi connectivity index (χ1) is 16.2. The van der Waals surface area contributed by atoms with Crippen molar-refractivity contribution in [3.8, 4) is 5.69 Å². The maximum Gasteiger partial charge on any atom is 0.263 e. The van der Waals surface area contributed by atoms with Crippen LogP contribution in [0.3, 0.4) is 0 Å². The number of rotatable bonds is 6. The number of para-hydroxylation sites is 2. The summed E-state index contributed by atoms with van der Waals surface area (Å²) in [5.41, 5.74) is 5.17. The Bertz CT molecular complexity index is 1410. The fourth-order valence-electron chi connectivity index (χ4n) is 3.87. The van der Waals surface area contributed by atoms with Crippen LogP contribution in [0.1, 0.15) is 34.2 Å². The number of hydrogen-bond acceptors (Lipinski definition) is 5. The number of fused-ring (bicyclic) bond motifs is 1. The van der Waals surface area contributed by atoms with E-state index < -0.39 is 0 Å². The third-order valence-electron chi connectivity index (χ3n) is 5.64. The smallest absolute Gasteiger partial charge is 0.263 e. The molecule has 0 saturated heterocycles. The van der Waals surface area contributed by atoms with Gasteiger partial charge in [0.15, 0.2) is 5.13 Å². The molecule has 0 aliphatic rings. The second-order valence-corrected chi connectivity index (χ2v) is 8.73. The summed E-state index contributed by atoms with van der Waals surface area (Å²) in [7, 11) is 0. The van der Waals surface area contributed by atoms with Crippen LogP contribution in [0.2, 0.25) is 0 Å². The average Bonchev–Trinajstić information content (AvgIpc) is 3.46. The molecule has 1 amide bonds. The standard InChI is InChI=1S/C26H23N5OS/c1-3-19-10-9-14-23-24(19)29-26(33-23)30(17-20-11-7-8-15-27-20)25(32)22-16-28-31(18(22)2)21-12-5-4-6-13-21/h4-16H,3,17H2,1-2H3. The zero-order valence-electron chi connectivity index (χ0n) is 18.5. The summed E-state index contributed by atoms with van der Waals surface area (Å²) >= 11 is 1.53. The van der Waals surface area contributed by atoms with Gasteiger partial charge in [-0.1, -0.05) is 54.7 Å². The van der Waals surface area contributed by atoms with Crippen molar-refractivity contribution in [3.63, 3.8) is 0 Å². The van der Waals surface area contributed by atoms with Gasteiger partial charge in [0.25, 0.3) is 5.91 Å². The fraction of sp³-hybridized carbons (Fsp3) is 0.154. The number of benzene rings is 2. The molecule has 0 radical (unpaired) electrons. The first-order valence-corrected chi connectivity index (χ1v) is 11.7. The van der Waals surface area contributed by atoms with Gasteiger partial charge in [-0.15, -0.1) is 0 Å². The van der Waals surface area contributed by atoms with Crippen LogP contribution in [0.4, 0.5) is 5.13 Å². The topological polar surface area (TPSA) is 63.9 Å². The van der Waals surface area contributed by atoms with E-state index in [0.717, 1.165) is 33.7 Å². The summed E-state index contributed by atoms with van der Waals surface area (Å²) in [5.74, 6) is -0.141. The van der Waals surface area contributed by atoms with Gasteiger partial charge in [0.05, 0.1) is 45.6 Å². The first kappa shape index (κ1) is 21.0. The number of aryl methyl sites for hydroxylation is 1. The molecule has 0 aliphatic carbocycles. The minimum absolute atomic E-state index is 0.141. The summed E-state index contributed by atoms with van der Waals surface area (Å²) in [6.45, 7) is 4.36. The molecule has 0 atom stereocenters. The lowest BCUT2D eigenvalue weighted by molar-refractivity contribution is 0.0984. The molecule has 6 nitrogen and oxygen atoms in total. The third-order valence-corrected chi connectivity index (χ3v) is 6.68. The number of anilines is 1. The first-order valence-electron chi connectivity index (χ1n) is 10.9. The van der Waals surface area contributed by atoms with Gasteiger partial charge in [0, 0.05) is 6.20 Å². The summed E-state index contributed by atoms with van der Waals surface area (Å²) in [6.07, 6.45) is 4.27. The van der Waals surface area contributed by atoms with Crippen LogP contribution in [0.5, 0.6) is 0 Å². The molecular weight excluding hydrogens is 430 g/mol. The highest BCUT2D eigenvalue weighted by Crippen LogP contribution is 2.33. The lowest BCUT2D eigenvalue weighted by atomic mass is 10.1. The molecule has 0 spiro atoms. The second-order valence-electron chi connectivity index (χ2n) is 7.72. The fourth-order valence-corrected chi connectivity index (χ4v) is 4.88. The van der Waals surface area contributed by atoms with E-state index in [9.17, 15) is 4.79 Å². The number of pyridine rings is 1. The van der Waals surface area contributed by atoms with E-state index in [4.69, 9.17) is 4.98 Å². The van der Waals surface area contributed by atoms with Crippen LogP contribution in [0, 0.1) is 6.92 Å². The Balaban J connectivity index is 1.58. The minimum Gasteiger partial charge on any atom is -0.278 e. The highest BCUT2D eigenvalue weighted by Gasteiger charge is 2.26. The lowest BCUT2D eigenvalue weighted by Gasteiger charge is -2.19. The van der Waals surface area contributed by atoms with E-state index in [1.54, 1.807) is 22.0 Å². The normalized spacial score (nSPS) is 11.1. The molecule has 3 aromatic heterocycles. The van der Waals surface area contributed by atoms with Crippen molar-refractivity contribution in [1.82, 2.24) is 19.7 Å². The number of amides is 1. The van der Waals surface area contributed by atoms with Gasteiger partial charge in [-0.3, -0.25) is 14.7 Å². The lowest BCUT2D eigenvalue weighted by Crippen LogP contribution is -2.31. The monoisotopic (exact) mass is 453 g/mol. The highest BCUT2D eigenvalue weighted by molar-refractivity contribution is 7.22. The van der Waals surface area contributed by atoms with E-state index >= 15 is 0 Å². The van der Waals surface area contributed by atoms with Crippen LogP contribution in [-0.2, 0) is 13.0 Å². The summed E-state index contributed by atoms with van der Waals surface area (Å²) in [5, 5.41) is 5.16. The van der Waals surface area contributed by atoms with Gasteiger partial charge in [-0.2, -0.15) is 5.10 Å². The molecule has 3 heterocycles. The predicted molar refractivity (Wildman–Crippen MR) is 132 cm³/mol. The molecule has 0 saturated carbocycles. The molecule has 164 valence electrons. The number of carbonyl (C=O) groups excluding carboxylic acids is 1. The zero-order chi connectivity index (χ0) is 22.8. The molecule has 33 heavy (non-hydrogen) atoms. The number of thiazole rings is 1. The van der Waals surface area contributed by atoms with Gasteiger partial charge in [0.2, 0.25) is 0 Å². The van der Waals surface area contributed by atoms with Crippen LogP contribution in [-0.4, -0.2) is 25.7 Å². The quantitative estimate of drug-likeness (QED) is 0.336. The third kappa shape index (κ3) is 4.03. The Morgan fingerprint density at radius 3 is 2.61 bits per heavy atom. The Kier molecular flexibility index (Phi) is 5.71. The predicted octanol–water partition coefficient (Wildman–Crippen LogP) is 5.59. The van der Waals surface area contributed by atoms with Crippen molar-refractivity contribution in [3.05, 3.63) is 102 Å². The van der Waals surface area contributed by atoms with E-state index in [2.05, 4.69) is 29.1 Å². The number of carbonyl (C=O) groups is 1. The van der Waals surface area contributed by atoms with Crippen molar-refractivity contribution < 1.29 is 4.79 Å². The molecule has 0 bridgehead atoms. The molecule has 0 unspecified atom stereocenters. The summed E-state index contributed by atoms with van der Waals surface area (Å²) < 4.78 is 2.86. The minimum atomic E-state index is -0.141.